The Hall–Kier alpha value is -1.96. The molecule has 0 unspecified atom stereocenters. The van der Waals surface area contributed by atoms with Gasteiger partial charge in [-0.1, -0.05) is 29.3 Å². The molecule has 6 nitrogen and oxygen atoms in total. The second kappa shape index (κ2) is 6.16. The fourth-order valence-corrected chi connectivity index (χ4v) is 3.48. The molecular formula is C15H12Cl2N6S. The summed E-state index contributed by atoms with van der Waals surface area (Å²) in [5.41, 5.74) is 3.74. The molecule has 0 bridgehead atoms. The molecule has 3 aromatic rings. The van der Waals surface area contributed by atoms with Crippen molar-refractivity contribution >= 4 is 41.6 Å². The molecule has 2 aromatic heterocycles. The third kappa shape index (κ3) is 2.58. The maximum Gasteiger partial charge on any atom is 0.216 e. The van der Waals surface area contributed by atoms with Gasteiger partial charge in [-0.2, -0.15) is 20.0 Å². The maximum atomic E-state index is 6.17. The zero-order valence-electron chi connectivity index (χ0n) is 12.4. The molecule has 0 aliphatic heterocycles. The largest absolute Gasteiger partial charge is 0.282 e. The predicted octanol–water partition coefficient (Wildman–Crippen LogP) is 4.01. The Morgan fingerprint density at radius 2 is 1.96 bits per heavy atom. The van der Waals surface area contributed by atoms with Gasteiger partial charge in [0, 0.05) is 16.8 Å². The first kappa shape index (κ1) is 15.6. The predicted molar refractivity (Wildman–Crippen MR) is 96.5 cm³/mol. The number of H-pyrrole nitrogens is 2. The number of nitrogens with zero attached hydrogens (tertiary/aromatic N) is 4. The molecule has 24 heavy (non-hydrogen) atoms. The molecule has 4 rings (SSSR count). The summed E-state index contributed by atoms with van der Waals surface area (Å²) in [6.45, 7) is 0. The van der Waals surface area contributed by atoms with Crippen LogP contribution in [0.1, 0.15) is 23.2 Å². The Balaban J connectivity index is 1.78. The third-order valence-corrected chi connectivity index (χ3v) is 4.89. The van der Waals surface area contributed by atoms with Crippen molar-refractivity contribution in [2.45, 2.75) is 19.3 Å². The van der Waals surface area contributed by atoms with Gasteiger partial charge in [0.1, 0.15) is 5.69 Å². The minimum absolute atomic E-state index is 0.374. The van der Waals surface area contributed by atoms with Crippen molar-refractivity contribution in [2.75, 3.05) is 0 Å². The van der Waals surface area contributed by atoms with Crippen LogP contribution in [-0.2, 0) is 12.8 Å². The minimum atomic E-state index is 0.374. The van der Waals surface area contributed by atoms with E-state index in [4.69, 9.17) is 35.4 Å². The van der Waals surface area contributed by atoms with E-state index in [1.165, 1.54) is 10.2 Å². The molecule has 0 amide bonds. The second-order valence-electron chi connectivity index (χ2n) is 5.43. The van der Waals surface area contributed by atoms with E-state index < -0.39 is 0 Å². The summed E-state index contributed by atoms with van der Waals surface area (Å²) in [6.07, 6.45) is 4.67. The van der Waals surface area contributed by atoms with E-state index in [0.29, 0.717) is 26.2 Å². The van der Waals surface area contributed by atoms with E-state index in [9.17, 15) is 0 Å². The summed E-state index contributed by atoms with van der Waals surface area (Å²) in [5.74, 6) is 0.568. The van der Waals surface area contributed by atoms with Crippen molar-refractivity contribution < 1.29 is 0 Å². The number of fused-ring (bicyclic) bond motifs is 1. The Bertz CT molecular complexity index is 980. The lowest BCUT2D eigenvalue weighted by atomic mass is 10.2. The molecule has 0 fully saturated rings. The lowest BCUT2D eigenvalue weighted by molar-refractivity contribution is 0.844. The number of hydrogen-bond donors (Lipinski definition) is 2. The first-order valence-electron chi connectivity index (χ1n) is 7.37. The van der Waals surface area contributed by atoms with Crippen LogP contribution in [0.25, 0.3) is 11.5 Å². The van der Waals surface area contributed by atoms with E-state index in [0.717, 1.165) is 30.7 Å². The van der Waals surface area contributed by atoms with Crippen LogP contribution >= 0.6 is 35.4 Å². The van der Waals surface area contributed by atoms with Gasteiger partial charge in [0.05, 0.1) is 16.3 Å². The van der Waals surface area contributed by atoms with Crippen LogP contribution in [0.5, 0.6) is 0 Å². The van der Waals surface area contributed by atoms with Gasteiger partial charge >= 0.3 is 0 Å². The lowest BCUT2D eigenvalue weighted by Crippen LogP contribution is -1.98. The molecule has 0 saturated heterocycles. The first-order chi connectivity index (χ1) is 11.6. The highest BCUT2D eigenvalue weighted by atomic mass is 35.5. The molecule has 2 N–H and O–H groups in total. The second-order valence-corrected chi connectivity index (χ2v) is 6.63. The van der Waals surface area contributed by atoms with Crippen LogP contribution in [0.15, 0.2) is 23.3 Å². The average Bonchev–Trinajstić information content (AvgIpc) is 3.23. The highest BCUT2D eigenvalue weighted by Gasteiger charge is 2.23. The number of nitrogens with one attached hydrogen (secondary N) is 2. The monoisotopic (exact) mass is 378 g/mol. The van der Waals surface area contributed by atoms with Gasteiger partial charge in [-0.15, -0.1) is 0 Å². The summed E-state index contributed by atoms with van der Waals surface area (Å²) in [7, 11) is 0. The number of aromatic amines is 2. The smallest absolute Gasteiger partial charge is 0.216 e. The van der Waals surface area contributed by atoms with Gasteiger partial charge in [0.25, 0.3) is 0 Å². The molecular weight excluding hydrogens is 367 g/mol. The minimum Gasteiger partial charge on any atom is -0.282 e. The maximum absolute atomic E-state index is 6.17. The Morgan fingerprint density at radius 1 is 1.17 bits per heavy atom. The molecule has 1 aliphatic carbocycles. The van der Waals surface area contributed by atoms with Crippen LogP contribution in [0.2, 0.25) is 10.0 Å². The number of benzene rings is 1. The third-order valence-electron chi connectivity index (χ3n) is 3.97. The average molecular weight is 379 g/mol. The van der Waals surface area contributed by atoms with E-state index >= 15 is 0 Å². The van der Waals surface area contributed by atoms with Crippen molar-refractivity contribution in [3.05, 3.63) is 49.8 Å². The van der Waals surface area contributed by atoms with Crippen molar-refractivity contribution in [3.8, 4) is 11.5 Å². The SMILES string of the molecule is S=c1[nH]nc(-c2n[nH]c3c2CCC3)n1/N=C\c1c(Cl)cccc1Cl. The van der Waals surface area contributed by atoms with Crippen molar-refractivity contribution in [1.82, 2.24) is 25.1 Å². The molecule has 1 aromatic carbocycles. The molecule has 122 valence electrons. The Kier molecular flexibility index (Phi) is 3.99. The first-order valence-corrected chi connectivity index (χ1v) is 8.54. The van der Waals surface area contributed by atoms with E-state index in [1.807, 2.05) is 0 Å². The molecule has 0 atom stereocenters. The molecule has 0 radical (unpaired) electrons. The quantitative estimate of drug-likeness (QED) is 0.533. The fourth-order valence-electron chi connectivity index (χ4n) is 2.81. The van der Waals surface area contributed by atoms with Gasteiger partial charge in [0.2, 0.25) is 10.6 Å². The fraction of sp³-hybridized carbons (Fsp3) is 0.200. The molecule has 9 heteroatoms. The number of halogens is 2. The van der Waals surface area contributed by atoms with Gasteiger partial charge in [0.15, 0.2) is 0 Å². The van der Waals surface area contributed by atoms with Crippen LogP contribution in [-0.4, -0.2) is 31.3 Å². The highest BCUT2D eigenvalue weighted by molar-refractivity contribution is 7.71. The summed E-state index contributed by atoms with van der Waals surface area (Å²) < 4.78 is 1.91. The van der Waals surface area contributed by atoms with Crippen molar-refractivity contribution in [1.29, 1.82) is 0 Å². The lowest BCUT2D eigenvalue weighted by Gasteiger charge is -2.02. The Morgan fingerprint density at radius 3 is 2.75 bits per heavy atom. The van der Waals surface area contributed by atoms with E-state index in [1.54, 1.807) is 24.4 Å². The summed E-state index contributed by atoms with van der Waals surface area (Å²) in [5, 5.41) is 19.9. The molecule has 0 spiro atoms. The Labute approximate surface area is 152 Å². The summed E-state index contributed by atoms with van der Waals surface area (Å²) in [6, 6.07) is 5.29. The van der Waals surface area contributed by atoms with E-state index in [2.05, 4.69) is 25.5 Å². The van der Waals surface area contributed by atoms with Crippen LogP contribution in [0, 0.1) is 4.77 Å². The number of hydrogen-bond acceptors (Lipinski definition) is 4. The van der Waals surface area contributed by atoms with Crippen molar-refractivity contribution in [2.24, 2.45) is 5.10 Å². The van der Waals surface area contributed by atoms with E-state index in [-0.39, 0.29) is 0 Å². The van der Waals surface area contributed by atoms with Crippen LogP contribution in [0.4, 0.5) is 0 Å². The molecule has 2 heterocycles. The molecule has 0 saturated carbocycles. The number of aryl methyl sites for hydroxylation is 1. The molecule has 1 aliphatic rings. The van der Waals surface area contributed by atoms with Crippen molar-refractivity contribution in [3.63, 3.8) is 0 Å². The number of aromatic nitrogens is 5. The standard InChI is InChI=1S/C15H12Cl2N6S/c16-10-4-2-5-11(17)9(10)7-18-23-14(21-22-15(23)24)13-8-3-1-6-12(8)19-20-13/h2,4-5,7H,1,3,6H2,(H,19,20)(H,22,24)/b18-7-. The zero-order valence-corrected chi connectivity index (χ0v) is 14.7. The number of rotatable bonds is 3. The van der Waals surface area contributed by atoms with Gasteiger partial charge in [-0.25, -0.2) is 5.10 Å². The van der Waals surface area contributed by atoms with Gasteiger partial charge in [-0.05, 0) is 43.6 Å². The highest BCUT2D eigenvalue weighted by Crippen LogP contribution is 2.29. The van der Waals surface area contributed by atoms with Crippen LogP contribution < -0.4 is 0 Å². The topological polar surface area (TPSA) is 74.7 Å². The summed E-state index contributed by atoms with van der Waals surface area (Å²) >= 11 is 17.6. The van der Waals surface area contributed by atoms with Gasteiger partial charge < -0.3 is 0 Å². The normalized spacial score (nSPS) is 13.8. The summed E-state index contributed by atoms with van der Waals surface area (Å²) in [4.78, 5) is 0. The zero-order chi connectivity index (χ0) is 16.7. The van der Waals surface area contributed by atoms with Gasteiger partial charge in [-0.3, -0.25) is 5.10 Å². The van der Waals surface area contributed by atoms with Crippen LogP contribution in [0.3, 0.4) is 0 Å².